The molecule has 0 nitrogen and oxygen atoms in total. The molecule has 0 aromatic rings. The van der Waals surface area contributed by atoms with Gasteiger partial charge in [0, 0.05) is 3.58 Å². The monoisotopic (exact) mass is 262 g/mol. The minimum Gasteiger partial charge on any atom is -0.0798 e. The quantitative estimate of drug-likeness (QED) is 0.661. The van der Waals surface area contributed by atoms with Crippen molar-refractivity contribution in [2.24, 2.45) is 11.8 Å². The highest BCUT2D eigenvalue weighted by molar-refractivity contribution is 14.1. The van der Waals surface area contributed by atoms with Crippen LogP contribution in [0.4, 0.5) is 0 Å². The maximum Gasteiger partial charge on any atom is 0.00871 e. The van der Waals surface area contributed by atoms with Gasteiger partial charge >= 0.3 is 0 Å². The van der Waals surface area contributed by atoms with E-state index in [0.717, 1.165) is 11.8 Å². The minimum absolute atomic E-state index is 0.790. The third kappa shape index (κ3) is 2.62. The lowest BCUT2D eigenvalue weighted by Gasteiger charge is -2.20. The average molecular weight is 262 g/mol. The van der Waals surface area contributed by atoms with Crippen LogP contribution in [0.25, 0.3) is 0 Å². The molecule has 1 heteroatoms. The molecule has 0 aromatic carbocycles. The van der Waals surface area contributed by atoms with Gasteiger partial charge in [0.2, 0.25) is 0 Å². The molecule has 0 fully saturated rings. The van der Waals surface area contributed by atoms with Crippen LogP contribution >= 0.6 is 22.6 Å². The summed E-state index contributed by atoms with van der Waals surface area (Å²) in [6.45, 7) is 4.60. The van der Waals surface area contributed by atoms with Crippen molar-refractivity contribution < 1.29 is 0 Å². The molecule has 1 aliphatic rings. The molecule has 0 radical (unpaired) electrons. The van der Waals surface area contributed by atoms with E-state index < -0.39 is 0 Å². The van der Waals surface area contributed by atoms with Crippen LogP contribution in [-0.2, 0) is 0 Å². The molecule has 1 rings (SSSR count). The third-order valence-corrected chi connectivity index (χ3v) is 3.26. The van der Waals surface area contributed by atoms with E-state index in [0.29, 0.717) is 0 Å². The number of halogens is 1. The van der Waals surface area contributed by atoms with Gasteiger partial charge in [-0.15, -0.1) is 0 Å². The first-order valence-corrected chi connectivity index (χ1v) is 5.35. The van der Waals surface area contributed by atoms with E-state index in [1.54, 1.807) is 0 Å². The normalized spacial score (nSPS) is 26.5. The second-order valence-corrected chi connectivity index (χ2v) is 4.48. The third-order valence-electron chi connectivity index (χ3n) is 2.46. The van der Waals surface area contributed by atoms with Crippen molar-refractivity contribution >= 4 is 22.6 Å². The molecule has 0 heterocycles. The van der Waals surface area contributed by atoms with Crippen LogP contribution in [0.2, 0.25) is 0 Å². The summed E-state index contributed by atoms with van der Waals surface area (Å²) < 4.78 is 1.39. The summed E-state index contributed by atoms with van der Waals surface area (Å²) in [6, 6.07) is 0. The summed E-state index contributed by atoms with van der Waals surface area (Å²) in [4.78, 5) is 0. The van der Waals surface area contributed by atoms with Gasteiger partial charge in [-0.05, 0) is 40.8 Å². The Kier molecular flexibility index (Phi) is 3.63. The van der Waals surface area contributed by atoms with E-state index in [1.807, 2.05) is 0 Å². The SMILES string of the molecule is CCC(C)C1C=CC(I)=CC1. The van der Waals surface area contributed by atoms with Gasteiger partial charge in [-0.1, -0.05) is 38.5 Å². The molecule has 0 N–H and O–H groups in total. The fraction of sp³-hybridized carbons (Fsp3) is 0.600. The Balaban J connectivity index is 2.48. The van der Waals surface area contributed by atoms with Crippen molar-refractivity contribution in [1.82, 2.24) is 0 Å². The lowest BCUT2D eigenvalue weighted by atomic mass is 9.87. The molecule has 1 aliphatic carbocycles. The molecule has 0 saturated carbocycles. The van der Waals surface area contributed by atoms with Gasteiger partial charge in [0.05, 0.1) is 0 Å². The van der Waals surface area contributed by atoms with Crippen LogP contribution in [0.3, 0.4) is 0 Å². The van der Waals surface area contributed by atoms with E-state index in [9.17, 15) is 0 Å². The second kappa shape index (κ2) is 4.29. The minimum atomic E-state index is 0.790. The lowest BCUT2D eigenvalue weighted by molar-refractivity contribution is 0.417. The molecular formula is C10H15I. The largest absolute Gasteiger partial charge is 0.0798 e. The molecule has 0 aliphatic heterocycles. The van der Waals surface area contributed by atoms with Gasteiger partial charge in [0.25, 0.3) is 0 Å². The molecule has 0 bridgehead atoms. The van der Waals surface area contributed by atoms with E-state index in [1.165, 1.54) is 16.4 Å². The lowest BCUT2D eigenvalue weighted by Crippen LogP contribution is -2.08. The first-order chi connectivity index (χ1) is 5.24. The molecule has 62 valence electrons. The molecular weight excluding hydrogens is 247 g/mol. The fourth-order valence-corrected chi connectivity index (χ4v) is 1.80. The molecule has 0 aromatic heterocycles. The van der Waals surface area contributed by atoms with Crippen LogP contribution in [0.15, 0.2) is 21.8 Å². The van der Waals surface area contributed by atoms with Crippen LogP contribution in [-0.4, -0.2) is 0 Å². The van der Waals surface area contributed by atoms with Crippen LogP contribution < -0.4 is 0 Å². The van der Waals surface area contributed by atoms with Crippen molar-refractivity contribution in [3.05, 3.63) is 21.8 Å². The Morgan fingerprint density at radius 3 is 2.91 bits per heavy atom. The predicted octanol–water partition coefficient (Wildman–Crippen LogP) is 3.93. The summed E-state index contributed by atoms with van der Waals surface area (Å²) in [5, 5.41) is 0. The van der Waals surface area contributed by atoms with E-state index >= 15 is 0 Å². The smallest absolute Gasteiger partial charge is 0.00871 e. The molecule has 0 amide bonds. The maximum atomic E-state index is 2.38. The molecule has 2 unspecified atom stereocenters. The Hall–Kier alpha value is 0.210. The van der Waals surface area contributed by atoms with E-state index in [2.05, 4.69) is 54.7 Å². The van der Waals surface area contributed by atoms with Crippen LogP contribution in [0.5, 0.6) is 0 Å². The Labute approximate surface area is 82.9 Å². The van der Waals surface area contributed by atoms with Gasteiger partial charge in [-0.2, -0.15) is 0 Å². The molecule has 0 saturated heterocycles. The first kappa shape index (κ1) is 9.30. The maximum absolute atomic E-state index is 2.38. The topological polar surface area (TPSA) is 0 Å². The zero-order valence-electron chi connectivity index (χ0n) is 7.18. The standard InChI is InChI=1S/C10H15I/c1-3-8(2)9-4-6-10(11)7-5-9/h4,6-9H,3,5H2,1-2H3. The van der Waals surface area contributed by atoms with Gasteiger partial charge in [-0.25, -0.2) is 0 Å². The Morgan fingerprint density at radius 1 is 1.73 bits per heavy atom. The van der Waals surface area contributed by atoms with Crippen molar-refractivity contribution in [3.8, 4) is 0 Å². The van der Waals surface area contributed by atoms with Crippen molar-refractivity contribution in [2.75, 3.05) is 0 Å². The fourth-order valence-electron chi connectivity index (χ4n) is 1.34. The van der Waals surface area contributed by atoms with Crippen molar-refractivity contribution in [1.29, 1.82) is 0 Å². The van der Waals surface area contributed by atoms with Crippen LogP contribution in [0, 0.1) is 11.8 Å². The van der Waals surface area contributed by atoms with Gasteiger partial charge < -0.3 is 0 Å². The van der Waals surface area contributed by atoms with Gasteiger partial charge in [0.1, 0.15) is 0 Å². The summed E-state index contributed by atoms with van der Waals surface area (Å²) in [6.07, 6.45) is 9.46. The number of hydrogen-bond acceptors (Lipinski definition) is 0. The number of allylic oxidation sites excluding steroid dienone is 4. The zero-order valence-corrected chi connectivity index (χ0v) is 9.34. The molecule has 2 atom stereocenters. The van der Waals surface area contributed by atoms with Crippen molar-refractivity contribution in [2.45, 2.75) is 26.7 Å². The van der Waals surface area contributed by atoms with E-state index in [4.69, 9.17) is 0 Å². The number of rotatable bonds is 2. The summed E-state index contributed by atoms with van der Waals surface area (Å²) in [5.74, 6) is 1.63. The summed E-state index contributed by atoms with van der Waals surface area (Å²) >= 11 is 2.38. The highest BCUT2D eigenvalue weighted by Crippen LogP contribution is 2.27. The predicted molar refractivity (Wildman–Crippen MR) is 58.8 cm³/mol. The van der Waals surface area contributed by atoms with E-state index in [-0.39, 0.29) is 0 Å². The molecule has 0 spiro atoms. The van der Waals surface area contributed by atoms with Crippen LogP contribution in [0.1, 0.15) is 26.7 Å². The first-order valence-electron chi connectivity index (χ1n) is 4.28. The summed E-state index contributed by atoms with van der Waals surface area (Å²) in [5.41, 5.74) is 0. The highest BCUT2D eigenvalue weighted by atomic mass is 127. The Bertz CT molecular complexity index is 179. The second-order valence-electron chi connectivity index (χ2n) is 3.23. The molecule has 11 heavy (non-hydrogen) atoms. The Morgan fingerprint density at radius 2 is 2.45 bits per heavy atom. The summed E-state index contributed by atoms with van der Waals surface area (Å²) in [7, 11) is 0. The van der Waals surface area contributed by atoms with Gasteiger partial charge in [-0.3, -0.25) is 0 Å². The average Bonchev–Trinajstić information content (AvgIpc) is 2.05. The highest BCUT2D eigenvalue weighted by Gasteiger charge is 2.13. The van der Waals surface area contributed by atoms with Gasteiger partial charge in [0.15, 0.2) is 0 Å². The number of hydrogen-bond donors (Lipinski definition) is 0. The zero-order chi connectivity index (χ0) is 8.27. The van der Waals surface area contributed by atoms with Crippen molar-refractivity contribution in [3.63, 3.8) is 0 Å².